The molecule has 15 heavy (non-hydrogen) atoms. The second-order valence-corrected chi connectivity index (χ2v) is 4.37. The number of aliphatic imine (C=N–C) groups is 1. The predicted octanol–water partition coefficient (Wildman–Crippen LogP) is 3.81. The second-order valence-electron chi connectivity index (χ2n) is 4.37. The molecular weight excluding hydrogens is 182 g/mol. The molecular formula is C14H17N. The van der Waals surface area contributed by atoms with E-state index in [-0.39, 0.29) is 0 Å². The van der Waals surface area contributed by atoms with Gasteiger partial charge in [0.2, 0.25) is 0 Å². The molecule has 0 aliphatic carbocycles. The standard InChI is InChI=1S/C14H17N/c1-10(2)13-9-14(15-11(13)3)12-7-5-4-6-8-12/h4-8,10H,9H2,1-3H3. The highest BCUT2D eigenvalue weighted by atomic mass is 14.8. The van der Waals surface area contributed by atoms with Crippen LogP contribution in [0.2, 0.25) is 0 Å². The molecule has 0 spiro atoms. The lowest BCUT2D eigenvalue weighted by Gasteiger charge is -2.07. The molecule has 78 valence electrons. The summed E-state index contributed by atoms with van der Waals surface area (Å²) in [6, 6.07) is 10.5. The van der Waals surface area contributed by atoms with Crippen molar-refractivity contribution in [2.24, 2.45) is 10.9 Å². The van der Waals surface area contributed by atoms with E-state index >= 15 is 0 Å². The minimum atomic E-state index is 0.606. The lowest BCUT2D eigenvalue weighted by molar-refractivity contribution is 0.749. The Balaban J connectivity index is 2.23. The molecule has 0 saturated carbocycles. The van der Waals surface area contributed by atoms with Gasteiger partial charge in [0, 0.05) is 12.1 Å². The fourth-order valence-corrected chi connectivity index (χ4v) is 2.04. The van der Waals surface area contributed by atoms with Crippen LogP contribution in [0.25, 0.3) is 0 Å². The van der Waals surface area contributed by atoms with Crippen LogP contribution in [-0.4, -0.2) is 5.71 Å². The van der Waals surface area contributed by atoms with Gasteiger partial charge in [-0.15, -0.1) is 0 Å². The van der Waals surface area contributed by atoms with Crippen LogP contribution in [0.15, 0.2) is 46.6 Å². The summed E-state index contributed by atoms with van der Waals surface area (Å²) in [5.41, 5.74) is 5.17. The molecule has 1 aliphatic rings. The molecule has 1 aromatic carbocycles. The van der Waals surface area contributed by atoms with E-state index in [0.717, 1.165) is 6.42 Å². The monoisotopic (exact) mass is 199 g/mol. The zero-order chi connectivity index (χ0) is 10.8. The van der Waals surface area contributed by atoms with Crippen molar-refractivity contribution in [3.05, 3.63) is 47.2 Å². The van der Waals surface area contributed by atoms with Crippen LogP contribution in [0.1, 0.15) is 32.8 Å². The van der Waals surface area contributed by atoms with Gasteiger partial charge in [-0.2, -0.15) is 0 Å². The van der Waals surface area contributed by atoms with Gasteiger partial charge in [-0.3, -0.25) is 4.99 Å². The molecule has 0 bridgehead atoms. The van der Waals surface area contributed by atoms with Crippen molar-refractivity contribution < 1.29 is 0 Å². The number of hydrogen-bond donors (Lipinski definition) is 0. The third kappa shape index (κ3) is 2.01. The fourth-order valence-electron chi connectivity index (χ4n) is 2.04. The Morgan fingerprint density at radius 3 is 2.33 bits per heavy atom. The van der Waals surface area contributed by atoms with Crippen molar-refractivity contribution in [2.45, 2.75) is 27.2 Å². The van der Waals surface area contributed by atoms with Gasteiger partial charge in [-0.05, 0) is 24.0 Å². The fraction of sp³-hybridized carbons (Fsp3) is 0.357. The van der Waals surface area contributed by atoms with Gasteiger partial charge in [0.25, 0.3) is 0 Å². The summed E-state index contributed by atoms with van der Waals surface area (Å²) < 4.78 is 0. The van der Waals surface area contributed by atoms with Gasteiger partial charge in [0.1, 0.15) is 0 Å². The molecule has 0 N–H and O–H groups in total. The summed E-state index contributed by atoms with van der Waals surface area (Å²) in [7, 11) is 0. The third-order valence-corrected chi connectivity index (χ3v) is 2.93. The quantitative estimate of drug-likeness (QED) is 0.686. The smallest absolute Gasteiger partial charge is 0.0520 e. The lowest BCUT2D eigenvalue weighted by Crippen LogP contribution is -2.00. The maximum Gasteiger partial charge on any atom is 0.0520 e. The van der Waals surface area contributed by atoms with Gasteiger partial charge >= 0.3 is 0 Å². The van der Waals surface area contributed by atoms with E-state index in [1.807, 2.05) is 6.07 Å². The van der Waals surface area contributed by atoms with Crippen molar-refractivity contribution in [2.75, 3.05) is 0 Å². The number of rotatable bonds is 2. The van der Waals surface area contributed by atoms with E-state index in [2.05, 4.69) is 50.0 Å². The Bertz CT molecular complexity index is 410. The number of allylic oxidation sites excluding steroid dienone is 2. The van der Waals surface area contributed by atoms with E-state index < -0.39 is 0 Å². The lowest BCUT2D eigenvalue weighted by atomic mass is 9.96. The minimum absolute atomic E-state index is 0.606. The number of hydrogen-bond acceptors (Lipinski definition) is 1. The summed E-state index contributed by atoms with van der Waals surface area (Å²) in [6.07, 6.45) is 1.02. The van der Waals surface area contributed by atoms with Crippen molar-refractivity contribution >= 4 is 5.71 Å². The Morgan fingerprint density at radius 2 is 1.80 bits per heavy atom. The van der Waals surface area contributed by atoms with Gasteiger partial charge in [0.05, 0.1) is 5.71 Å². The zero-order valence-electron chi connectivity index (χ0n) is 9.62. The van der Waals surface area contributed by atoms with Crippen LogP contribution < -0.4 is 0 Å². The molecule has 2 rings (SSSR count). The Morgan fingerprint density at radius 1 is 1.13 bits per heavy atom. The van der Waals surface area contributed by atoms with E-state index in [4.69, 9.17) is 0 Å². The molecule has 1 heteroatoms. The van der Waals surface area contributed by atoms with Crippen molar-refractivity contribution in [3.63, 3.8) is 0 Å². The van der Waals surface area contributed by atoms with E-state index in [9.17, 15) is 0 Å². The molecule has 0 radical (unpaired) electrons. The second kappa shape index (κ2) is 4.01. The van der Waals surface area contributed by atoms with Gasteiger partial charge < -0.3 is 0 Å². The average Bonchev–Trinajstić information content (AvgIpc) is 2.62. The largest absolute Gasteiger partial charge is 0.257 e. The molecule has 1 heterocycles. The third-order valence-electron chi connectivity index (χ3n) is 2.93. The Labute approximate surface area is 91.6 Å². The number of benzene rings is 1. The summed E-state index contributed by atoms with van der Waals surface area (Å²) in [5.74, 6) is 0.606. The van der Waals surface area contributed by atoms with Crippen LogP contribution in [0.5, 0.6) is 0 Å². The highest BCUT2D eigenvalue weighted by Gasteiger charge is 2.18. The van der Waals surface area contributed by atoms with Crippen molar-refractivity contribution in [3.8, 4) is 0 Å². The highest BCUT2D eigenvalue weighted by Crippen LogP contribution is 2.28. The summed E-state index contributed by atoms with van der Waals surface area (Å²) >= 11 is 0. The van der Waals surface area contributed by atoms with Crippen LogP contribution in [0.4, 0.5) is 0 Å². The zero-order valence-corrected chi connectivity index (χ0v) is 9.62. The molecule has 0 fully saturated rings. The van der Waals surface area contributed by atoms with Gasteiger partial charge in [-0.1, -0.05) is 44.2 Å². The first-order chi connectivity index (χ1) is 7.18. The normalized spacial score (nSPS) is 16.1. The first-order valence-electron chi connectivity index (χ1n) is 5.51. The van der Waals surface area contributed by atoms with Crippen LogP contribution >= 0.6 is 0 Å². The summed E-state index contributed by atoms with van der Waals surface area (Å²) in [4.78, 5) is 4.66. The number of nitrogens with zero attached hydrogens (tertiary/aromatic N) is 1. The summed E-state index contributed by atoms with van der Waals surface area (Å²) in [6.45, 7) is 6.59. The van der Waals surface area contributed by atoms with E-state index in [1.165, 1.54) is 22.5 Å². The van der Waals surface area contributed by atoms with Crippen molar-refractivity contribution in [1.82, 2.24) is 0 Å². The van der Waals surface area contributed by atoms with Crippen LogP contribution in [0, 0.1) is 5.92 Å². The molecule has 1 aliphatic heterocycles. The minimum Gasteiger partial charge on any atom is -0.257 e. The van der Waals surface area contributed by atoms with Gasteiger partial charge in [0.15, 0.2) is 0 Å². The first-order valence-corrected chi connectivity index (χ1v) is 5.51. The van der Waals surface area contributed by atoms with Gasteiger partial charge in [-0.25, -0.2) is 0 Å². The Kier molecular flexibility index (Phi) is 2.72. The molecule has 0 aromatic heterocycles. The molecule has 0 atom stereocenters. The van der Waals surface area contributed by atoms with Crippen molar-refractivity contribution in [1.29, 1.82) is 0 Å². The van der Waals surface area contributed by atoms with Crippen LogP contribution in [-0.2, 0) is 0 Å². The molecule has 0 saturated heterocycles. The van der Waals surface area contributed by atoms with Crippen LogP contribution in [0.3, 0.4) is 0 Å². The van der Waals surface area contributed by atoms with E-state index in [0.29, 0.717) is 5.92 Å². The summed E-state index contributed by atoms with van der Waals surface area (Å²) in [5, 5.41) is 0. The molecule has 1 aromatic rings. The molecule has 0 amide bonds. The predicted molar refractivity (Wildman–Crippen MR) is 65.1 cm³/mol. The highest BCUT2D eigenvalue weighted by molar-refractivity contribution is 6.04. The topological polar surface area (TPSA) is 12.4 Å². The molecule has 1 nitrogen and oxygen atoms in total. The Hall–Kier alpha value is -1.37. The first kappa shape index (κ1) is 10.2. The molecule has 0 unspecified atom stereocenters. The SMILES string of the molecule is CC1=C(C(C)C)CC(c2ccccc2)=N1. The maximum atomic E-state index is 4.66. The maximum absolute atomic E-state index is 4.66. The van der Waals surface area contributed by atoms with E-state index in [1.54, 1.807) is 0 Å². The average molecular weight is 199 g/mol.